The first-order chi connectivity index (χ1) is 13.7. The summed E-state index contributed by atoms with van der Waals surface area (Å²) in [5.74, 6) is -1.51. The first-order valence-corrected chi connectivity index (χ1v) is 8.66. The number of hydrogen-bond donors (Lipinski definition) is 3. The maximum atomic E-state index is 12.8. The van der Waals surface area contributed by atoms with Crippen molar-refractivity contribution in [3.63, 3.8) is 0 Å². The van der Waals surface area contributed by atoms with Crippen LogP contribution in [-0.4, -0.2) is 29.6 Å². The number of carbonyl (C=O) groups excluding carboxylic acids is 2. The molecule has 0 spiro atoms. The van der Waals surface area contributed by atoms with Crippen LogP contribution in [0, 0.1) is 0 Å². The summed E-state index contributed by atoms with van der Waals surface area (Å²) in [6.45, 7) is -0.474. The Labute approximate surface area is 167 Å². The average Bonchev–Trinajstić information content (AvgIpc) is 3.08. The number of H-pyrrole nitrogens is 1. The van der Waals surface area contributed by atoms with E-state index in [1.807, 2.05) is 24.3 Å². The maximum absolute atomic E-state index is 12.8. The monoisotopic (exact) mass is 422 g/mol. The SMILES string of the molecule is O=C(CNC(=O)c1cc(Cl)cc(C(F)(F)F)c1)N/N=C/c1c[nH]c2ccccc12. The van der Waals surface area contributed by atoms with Crippen LogP contribution in [0.15, 0.2) is 53.8 Å². The Balaban J connectivity index is 1.57. The molecule has 1 aromatic heterocycles. The van der Waals surface area contributed by atoms with Gasteiger partial charge < -0.3 is 10.3 Å². The van der Waals surface area contributed by atoms with Gasteiger partial charge >= 0.3 is 6.18 Å². The van der Waals surface area contributed by atoms with Crippen LogP contribution in [0.1, 0.15) is 21.5 Å². The highest BCUT2D eigenvalue weighted by Crippen LogP contribution is 2.31. The molecule has 3 N–H and O–H groups in total. The maximum Gasteiger partial charge on any atom is 0.416 e. The molecular weight excluding hydrogens is 409 g/mol. The molecule has 0 unspecified atom stereocenters. The van der Waals surface area contributed by atoms with Crippen LogP contribution in [0.25, 0.3) is 10.9 Å². The second kappa shape index (κ2) is 8.36. The topological polar surface area (TPSA) is 86.3 Å². The summed E-state index contributed by atoms with van der Waals surface area (Å²) in [5.41, 5.74) is 2.54. The van der Waals surface area contributed by atoms with E-state index in [0.29, 0.717) is 12.1 Å². The summed E-state index contributed by atoms with van der Waals surface area (Å²) >= 11 is 5.64. The van der Waals surface area contributed by atoms with Gasteiger partial charge in [-0.05, 0) is 24.3 Å². The minimum Gasteiger partial charge on any atom is -0.361 e. The van der Waals surface area contributed by atoms with Crippen LogP contribution in [-0.2, 0) is 11.0 Å². The fourth-order valence-corrected chi connectivity index (χ4v) is 2.80. The Kier molecular flexibility index (Phi) is 5.88. The largest absolute Gasteiger partial charge is 0.416 e. The summed E-state index contributed by atoms with van der Waals surface area (Å²) in [4.78, 5) is 26.9. The highest BCUT2D eigenvalue weighted by atomic mass is 35.5. The van der Waals surface area contributed by atoms with E-state index in [0.717, 1.165) is 22.5 Å². The van der Waals surface area contributed by atoms with E-state index in [4.69, 9.17) is 11.6 Å². The molecule has 29 heavy (non-hydrogen) atoms. The van der Waals surface area contributed by atoms with Crippen molar-refractivity contribution in [2.24, 2.45) is 5.10 Å². The second-order valence-electron chi connectivity index (χ2n) is 5.99. The van der Waals surface area contributed by atoms with Gasteiger partial charge in [-0.2, -0.15) is 18.3 Å². The molecule has 0 atom stereocenters. The molecule has 0 radical (unpaired) electrons. The van der Waals surface area contributed by atoms with E-state index in [1.54, 1.807) is 6.20 Å². The van der Waals surface area contributed by atoms with Crippen molar-refractivity contribution in [3.05, 3.63) is 70.4 Å². The third-order valence-electron chi connectivity index (χ3n) is 3.91. The number of carbonyl (C=O) groups is 2. The molecule has 0 fully saturated rings. The minimum atomic E-state index is -4.64. The van der Waals surface area contributed by atoms with E-state index in [2.05, 4.69) is 20.8 Å². The minimum absolute atomic E-state index is 0.238. The van der Waals surface area contributed by atoms with E-state index >= 15 is 0 Å². The zero-order valence-corrected chi connectivity index (χ0v) is 15.4. The normalized spacial score (nSPS) is 11.7. The lowest BCUT2D eigenvalue weighted by atomic mass is 10.1. The number of aromatic nitrogens is 1. The standard InChI is InChI=1S/C19H14ClF3N4O2/c20-14-6-11(5-13(7-14)19(21,22)23)18(29)25-10-17(28)27-26-9-12-8-24-16-4-2-1-3-15(12)16/h1-9,24H,10H2,(H,25,29)(H,27,28)/b26-9+. The molecule has 3 rings (SSSR count). The molecule has 2 amide bonds. The number of aromatic amines is 1. The van der Waals surface area contributed by atoms with Crippen molar-refractivity contribution in [1.29, 1.82) is 0 Å². The molecule has 1 heterocycles. The molecule has 0 aliphatic carbocycles. The highest BCUT2D eigenvalue weighted by molar-refractivity contribution is 6.31. The van der Waals surface area contributed by atoms with Gasteiger partial charge in [0.2, 0.25) is 0 Å². The fraction of sp³-hybridized carbons (Fsp3) is 0.105. The third kappa shape index (κ3) is 5.14. The lowest BCUT2D eigenvalue weighted by Gasteiger charge is -2.10. The summed E-state index contributed by atoms with van der Waals surface area (Å²) in [5, 5.41) is 6.71. The number of amides is 2. The summed E-state index contributed by atoms with van der Waals surface area (Å²) < 4.78 is 38.4. The summed E-state index contributed by atoms with van der Waals surface area (Å²) in [6, 6.07) is 9.97. The van der Waals surface area contributed by atoms with Gasteiger partial charge in [0.25, 0.3) is 11.8 Å². The van der Waals surface area contributed by atoms with Crippen molar-refractivity contribution >= 4 is 40.5 Å². The lowest BCUT2D eigenvalue weighted by Crippen LogP contribution is -2.35. The zero-order valence-electron chi connectivity index (χ0n) is 14.7. The Morgan fingerprint density at radius 3 is 2.69 bits per heavy atom. The fourth-order valence-electron chi connectivity index (χ4n) is 2.56. The predicted molar refractivity (Wildman–Crippen MR) is 103 cm³/mol. The van der Waals surface area contributed by atoms with Gasteiger partial charge in [-0.1, -0.05) is 29.8 Å². The van der Waals surface area contributed by atoms with Crippen LogP contribution in [0.2, 0.25) is 5.02 Å². The summed E-state index contributed by atoms with van der Waals surface area (Å²) in [6.07, 6.45) is -1.49. The van der Waals surface area contributed by atoms with Crippen molar-refractivity contribution in [2.75, 3.05) is 6.54 Å². The van der Waals surface area contributed by atoms with E-state index in [1.165, 1.54) is 6.21 Å². The predicted octanol–water partition coefficient (Wildman–Crippen LogP) is 3.72. The first kappa shape index (κ1) is 20.4. The highest BCUT2D eigenvalue weighted by Gasteiger charge is 2.31. The number of benzene rings is 2. The Hall–Kier alpha value is -3.33. The van der Waals surface area contributed by atoms with Crippen LogP contribution < -0.4 is 10.7 Å². The molecule has 0 saturated heterocycles. The van der Waals surface area contributed by atoms with Gasteiger partial charge in [-0.15, -0.1) is 0 Å². The molecule has 0 aliphatic heterocycles. The van der Waals surface area contributed by atoms with E-state index in [-0.39, 0.29) is 10.6 Å². The number of halogens is 4. The first-order valence-electron chi connectivity index (χ1n) is 8.28. The number of hydrogen-bond acceptors (Lipinski definition) is 3. The molecule has 0 bridgehead atoms. The average molecular weight is 423 g/mol. The van der Waals surface area contributed by atoms with Crippen LogP contribution in [0.5, 0.6) is 0 Å². The smallest absolute Gasteiger partial charge is 0.361 e. The molecule has 0 aliphatic rings. The number of nitrogens with one attached hydrogen (secondary N) is 3. The Morgan fingerprint density at radius 1 is 1.17 bits per heavy atom. The van der Waals surface area contributed by atoms with Crippen LogP contribution in [0.4, 0.5) is 13.2 Å². The Bertz CT molecular complexity index is 1090. The van der Waals surface area contributed by atoms with Crippen LogP contribution >= 0.6 is 11.6 Å². The number of fused-ring (bicyclic) bond motifs is 1. The van der Waals surface area contributed by atoms with Crippen molar-refractivity contribution in [3.8, 4) is 0 Å². The van der Waals surface area contributed by atoms with E-state index in [9.17, 15) is 22.8 Å². The molecule has 3 aromatic rings. The van der Waals surface area contributed by atoms with Crippen molar-refractivity contribution < 1.29 is 22.8 Å². The zero-order chi connectivity index (χ0) is 21.0. The summed E-state index contributed by atoms with van der Waals surface area (Å²) in [7, 11) is 0. The van der Waals surface area contributed by atoms with Gasteiger partial charge in [0.05, 0.1) is 18.3 Å². The molecule has 2 aromatic carbocycles. The van der Waals surface area contributed by atoms with Gasteiger partial charge in [-0.3, -0.25) is 9.59 Å². The number of rotatable bonds is 5. The molecule has 150 valence electrons. The molecular formula is C19H14ClF3N4O2. The third-order valence-corrected chi connectivity index (χ3v) is 4.13. The van der Waals surface area contributed by atoms with Gasteiger partial charge in [0.15, 0.2) is 0 Å². The molecule has 10 heteroatoms. The second-order valence-corrected chi connectivity index (χ2v) is 6.43. The molecule has 0 saturated carbocycles. The number of para-hydroxylation sites is 1. The number of hydrazone groups is 1. The number of alkyl halides is 3. The van der Waals surface area contributed by atoms with Gasteiger partial charge in [-0.25, -0.2) is 5.43 Å². The van der Waals surface area contributed by atoms with Gasteiger partial charge in [0.1, 0.15) is 0 Å². The number of nitrogens with zero attached hydrogens (tertiary/aromatic N) is 1. The molecule has 6 nitrogen and oxygen atoms in total. The lowest BCUT2D eigenvalue weighted by molar-refractivity contribution is -0.137. The van der Waals surface area contributed by atoms with Crippen LogP contribution in [0.3, 0.4) is 0 Å². The van der Waals surface area contributed by atoms with Crippen molar-refractivity contribution in [2.45, 2.75) is 6.18 Å². The van der Waals surface area contributed by atoms with E-state index < -0.39 is 30.1 Å². The van der Waals surface area contributed by atoms with Gasteiger partial charge in [0, 0.05) is 33.2 Å². The van der Waals surface area contributed by atoms with Crippen molar-refractivity contribution in [1.82, 2.24) is 15.7 Å². The Morgan fingerprint density at radius 2 is 1.93 bits per heavy atom. The quantitative estimate of drug-likeness (QED) is 0.432.